The summed E-state index contributed by atoms with van der Waals surface area (Å²) in [6.45, 7) is 0. The minimum Gasteiger partial charge on any atom is -0.456 e. The summed E-state index contributed by atoms with van der Waals surface area (Å²) in [4.78, 5) is 2.37. The zero-order chi connectivity index (χ0) is 46.6. The molecule has 0 N–H and O–H groups in total. The quantitative estimate of drug-likeness (QED) is 0.160. The van der Waals surface area contributed by atoms with Gasteiger partial charge in [0.2, 0.25) is 0 Å². The van der Waals surface area contributed by atoms with Gasteiger partial charge in [0, 0.05) is 65.9 Å². The highest BCUT2D eigenvalue weighted by Gasteiger charge is 2.24. The molecule has 0 saturated carbocycles. The molecule has 0 bridgehead atoms. The van der Waals surface area contributed by atoms with Crippen LogP contribution in [-0.2, 0) is 0 Å². The number of nitrogens with zero attached hydrogens (tertiary/aromatic N) is 2. The van der Waals surface area contributed by atoms with Crippen LogP contribution in [0.15, 0.2) is 256 Å². The zero-order valence-corrected chi connectivity index (χ0v) is 38.2. The van der Waals surface area contributed by atoms with Gasteiger partial charge in [0.1, 0.15) is 33.5 Å². The largest absolute Gasteiger partial charge is 0.456 e. The van der Waals surface area contributed by atoms with Crippen molar-refractivity contribution in [3.63, 3.8) is 0 Å². The fraction of sp³-hybridized carbons (Fsp3) is 0. The maximum atomic E-state index is 7.01. The van der Waals surface area contributed by atoms with E-state index in [0.717, 1.165) is 122 Å². The van der Waals surface area contributed by atoms with Crippen LogP contribution in [0.4, 0.5) is 17.1 Å². The smallest absolute Gasteiger partial charge is 0.145 e. The van der Waals surface area contributed by atoms with Gasteiger partial charge in [-0.05, 0) is 107 Å². The van der Waals surface area contributed by atoms with Crippen molar-refractivity contribution in [2.45, 2.75) is 0 Å². The maximum absolute atomic E-state index is 7.01. The molecule has 71 heavy (non-hydrogen) atoms. The third-order valence-electron chi connectivity index (χ3n) is 14.4. The van der Waals surface area contributed by atoms with E-state index >= 15 is 0 Å². The SMILES string of the molecule is c1cc(-c2ccc(N(c3ccc(-c4cccc5c4oc4ccccc45)cc3)c3ccc(-c4cccc5oc6ccccc6c45)cc3)c3c2oc2ccccc23)cc(-n2c3ccccc3c3ccccc32)c1. The average molecular weight is 909 g/mol. The third kappa shape index (κ3) is 6.06. The number of fused-ring (bicyclic) bond motifs is 12. The second-order valence-corrected chi connectivity index (χ2v) is 18.3. The van der Waals surface area contributed by atoms with Crippen LogP contribution in [0.25, 0.3) is 127 Å². The van der Waals surface area contributed by atoms with Crippen LogP contribution in [0, 0.1) is 0 Å². The van der Waals surface area contributed by atoms with E-state index in [1.54, 1.807) is 0 Å². The van der Waals surface area contributed by atoms with Crippen LogP contribution in [0.1, 0.15) is 0 Å². The molecule has 0 aliphatic rings. The molecule has 15 rings (SSSR count). The molecule has 11 aromatic carbocycles. The number of hydrogen-bond acceptors (Lipinski definition) is 4. The van der Waals surface area contributed by atoms with E-state index in [9.17, 15) is 0 Å². The Kier molecular flexibility index (Phi) is 8.59. The van der Waals surface area contributed by atoms with E-state index in [2.05, 4.69) is 228 Å². The molecule has 5 heteroatoms. The normalized spacial score (nSPS) is 11.9. The molecule has 4 heterocycles. The summed E-state index contributed by atoms with van der Waals surface area (Å²) in [5.41, 5.74) is 18.1. The van der Waals surface area contributed by atoms with Crippen molar-refractivity contribution in [2.24, 2.45) is 0 Å². The number of aromatic nitrogens is 1. The standard InChI is InChI=1S/C66H40N2O3/c1-6-24-56-50(16-1)51-17-2-7-25-57(51)68(56)46-15-11-14-43(40-46)49-38-39-58(64-55-20-5-10-28-61(55)71-66(49)64)67(44-34-30-41(31-35-44)47-21-13-29-62-63(47)54-19-4-9-27-60(54)69-62)45-36-32-42(33-37-45)48-22-12-23-53-52-18-3-8-26-59(52)70-65(48)53/h1-40H. The van der Waals surface area contributed by atoms with Crippen molar-refractivity contribution in [3.8, 4) is 39.1 Å². The minimum absolute atomic E-state index is 0.830. The molecule has 15 aromatic rings. The van der Waals surface area contributed by atoms with Crippen molar-refractivity contribution in [3.05, 3.63) is 243 Å². The summed E-state index contributed by atoms with van der Waals surface area (Å²) >= 11 is 0. The van der Waals surface area contributed by atoms with Crippen LogP contribution >= 0.6 is 0 Å². The number of furan rings is 3. The van der Waals surface area contributed by atoms with E-state index in [1.807, 2.05) is 24.3 Å². The van der Waals surface area contributed by atoms with E-state index in [0.29, 0.717) is 0 Å². The van der Waals surface area contributed by atoms with E-state index in [4.69, 9.17) is 13.3 Å². The van der Waals surface area contributed by atoms with Crippen LogP contribution in [-0.4, -0.2) is 4.57 Å². The average Bonchev–Trinajstić information content (AvgIpc) is 4.21. The number of rotatable bonds is 7. The van der Waals surface area contributed by atoms with Gasteiger partial charge in [-0.3, -0.25) is 0 Å². The summed E-state index contributed by atoms with van der Waals surface area (Å²) in [6, 6.07) is 86.1. The first-order valence-electron chi connectivity index (χ1n) is 24.1. The molecule has 0 saturated heterocycles. The van der Waals surface area contributed by atoms with Gasteiger partial charge in [0.05, 0.1) is 22.1 Å². The molecule has 0 amide bonds. The molecule has 332 valence electrons. The van der Waals surface area contributed by atoms with Crippen molar-refractivity contribution in [1.82, 2.24) is 4.57 Å². The van der Waals surface area contributed by atoms with E-state index in [1.165, 1.54) is 21.8 Å². The van der Waals surface area contributed by atoms with Crippen LogP contribution in [0.5, 0.6) is 0 Å². The van der Waals surface area contributed by atoms with Crippen LogP contribution in [0.2, 0.25) is 0 Å². The van der Waals surface area contributed by atoms with Gasteiger partial charge in [-0.25, -0.2) is 0 Å². The van der Waals surface area contributed by atoms with Crippen LogP contribution in [0.3, 0.4) is 0 Å². The Morgan fingerprint density at radius 2 is 0.789 bits per heavy atom. The molecule has 0 aliphatic heterocycles. The molecule has 0 spiro atoms. The minimum atomic E-state index is 0.830. The second kappa shape index (κ2) is 15.5. The van der Waals surface area contributed by atoms with Crippen LogP contribution < -0.4 is 4.90 Å². The monoisotopic (exact) mass is 908 g/mol. The molecule has 0 unspecified atom stereocenters. The molecule has 0 aliphatic carbocycles. The number of hydrogen-bond donors (Lipinski definition) is 0. The van der Waals surface area contributed by atoms with Gasteiger partial charge < -0.3 is 22.7 Å². The summed E-state index contributed by atoms with van der Waals surface area (Å²) in [6.07, 6.45) is 0. The highest BCUT2D eigenvalue weighted by atomic mass is 16.3. The van der Waals surface area contributed by atoms with E-state index in [-0.39, 0.29) is 0 Å². The first-order chi connectivity index (χ1) is 35.2. The predicted octanol–water partition coefficient (Wildman–Crippen LogP) is 19.0. The lowest BCUT2D eigenvalue weighted by Gasteiger charge is -2.27. The summed E-state index contributed by atoms with van der Waals surface area (Å²) in [5.74, 6) is 0. The predicted molar refractivity (Wildman–Crippen MR) is 294 cm³/mol. The number of benzene rings is 11. The molecular weight excluding hydrogens is 869 g/mol. The van der Waals surface area contributed by atoms with Crippen molar-refractivity contribution >= 4 is 105 Å². The maximum Gasteiger partial charge on any atom is 0.145 e. The van der Waals surface area contributed by atoms with Gasteiger partial charge in [-0.1, -0.05) is 158 Å². The third-order valence-corrected chi connectivity index (χ3v) is 14.4. The summed E-state index contributed by atoms with van der Waals surface area (Å²) in [7, 11) is 0. The Morgan fingerprint density at radius 1 is 0.296 bits per heavy atom. The summed E-state index contributed by atoms with van der Waals surface area (Å²) < 4.78 is 22.2. The first kappa shape index (κ1) is 39.4. The zero-order valence-electron chi connectivity index (χ0n) is 38.2. The van der Waals surface area contributed by atoms with Gasteiger partial charge in [0.15, 0.2) is 0 Å². The number of para-hydroxylation sites is 6. The Morgan fingerprint density at radius 3 is 1.49 bits per heavy atom. The number of anilines is 3. The lowest BCUT2D eigenvalue weighted by Crippen LogP contribution is -2.10. The topological polar surface area (TPSA) is 47.6 Å². The van der Waals surface area contributed by atoms with Crippen molar-refractivity contribution in [2.75, 3.05) is 4.90 Å². The van der Waals surface area contributed by atoms with Gasteiger partial charge in [0.25, 0.3) is 0 Å². The molecule has 0 fully saturated rings. The molecule has 4 aromatic heterocycles. The van der Waals surface area contributed by atoms with Crippen molar-refractivity contribution < 1.29 is 13.3 Å². The Bertz CT molecular complexity index is 4530. The Labute approximate surface area is 407 Å². The second-order valence-electron chi connectivity index (χ2n) is 18.3. The van der Waals surface area contributed by atoms with Gasteiger partial charge >= 0.3 is 0 Å². The van der Waals surface area contributed by atoms with E-state index < -0.39 is 0 Å². The molecular formula is C66H40N2O3. The summed E-state index contributed by atoms with van der Waals surface area (Å²) in [5, 5.41) is 9.00. The first-order valence-corrected chi connectivity index (χ1v) is 24.1. The highest BCUT2D eigenvalue weighted by molar-refractivity contribution is 6.18. The molecule has 0 radical (unpaired) electrons. The molecule has 0 atom stereocenters. The van der Waals surface area contributed by atoms with Gasteiger partial charge in [-0.15, -0.1) is 0 Å². The fourth-order valence-corrected chi connectivity index (χ4v) is 11.2. The fourth-order valence-electron chi connectivity index (χ4n) is 11.2. The van der Waals surface area contributed by atoms with Crippen molar-refractivity contribution in [1.29, 1.82) is 0 Å². The highest BCUT2D eigenvalue weighted by Crippen LogP contribution is 2.48. The molecule has 5 nitrogen and oxygen atoms in total. The lowest BCUT2D eigenvalue weighted by molar-refractivity contribution is 0.669. The lowest BCUT2D eigenvalue weighted by atomic mass is 9.97. The Hall–Kier alpha value is -9.58. The Balaban J connectivity index is 0.915. The van der Waals surface area contributed by atoms with Gasteiger partial charge in [-0.2, -0.15) is 0 Å².